The highest BCUT2D eigenvalue weighted by atomic mass is 32.2. The van der Waals surface area contributed by atoms with Gasteiger partial charge in [-0.15, -0.1) is 0 Å². The van der Waals surface area contributed by atoms with Crippen molar-refractivity contribution in [3.63, 3.8) is 0 Å². The number of likely N-dealkylation sites (tertiary alicyclic amines) is 1. The molecule has 6 heteroatoms. The van der Waals surface area contributed by atoms with E-state index in [0.29, 0.717) is 24.2 Å². The molecule has 2 saturated heterocycles. The lowest BCUT2D eigenvalue weighted by Gasteiger charge is -2.32. The van der Waals surface area contributed by atoms with Crippen LogP contribution < -0.4 is 5.73 Å². The van der Waals surface area contributed by atoms with Gasteiger partial charge in [0.05, 0.1) is 17.5 Å². The average molecular weight is 287 g/mol. The standard InChI is InChI=1S/C13H25N3O2S/c1-11-5-4-7-16(10-11)13(14)15-9-12-6-2-3-8-19(12,17)18/h11-12H,2-10H2,1H3,(H2,14,15)/t11-,12+/m1/s1. The molecular formula is C13H25N3O2S. The van der Waals surface area contributed by atoms with Crippen LogP contribution in [-0.2, 0) is 9.84 Å². The van der Waals surface area contributed by atoms with Gasteiger partial charge in [-0.05, 0) is 31.6 Å². The first-order chi connectivity index (χ1) is 8.99. The number of nitrogens with two attached hydrogens (primary N) is 1. The molecule has 110 valence electrons. The van der Waals surface area contributed by atoms with Gasteiger partial charge in [0, 0.05) is 13.1 Å². The Labute approximate surface area is 116 Å². The number of hydrogen-bond donors (Lipinski definition) is 1. The van der Waals surface area contributed by atoms with E-state index >= 15 is 0 Å². The molecule has 0 aromatic heterocycles. The Morgan fingerprint density at radius 3 is 2.79 bits per heavy atom. The molecule has 2 atom stereocenters. The SMILES string of the molecule is C[C@@H]1CCCN(C(N)=NC[C@@H]2CCCCS2(=O)=O)C1. The molecule has 2 heterocycles. The summed E-state index contributed by atoms with van der Waals surface area (Å²) in [5.74, 6) is 1.47. The van der Waals surface area contributed by atoms with E-state index in [2.05, 4.69) is 16.8 Å². The third kappa shape index (κ3) is 3.84. The summed E-state index contributed by atoms with van der Waals surface area (Å²) < 4.78 is 23.8. The molecule has 2 aliphatic heterocycles. The second kappa shape index (κ2) is 6.11. The fourth-order valence-electron chi connectivity index (χ4n) is 2.92. The topological polar surface area (TPSA) is 75.8 Å². The molecule has 0 aliphatic carbocycles. The van der Waals surface area contributed by atoms with Crippen molar-refractivity contribution in [2.75, 3.05) is 25.4 Å². The van der Waals surface area contributed by atoms with E-state index in [-0.39, 0.29) is 5.25 Å². The Bertz CT molecular complexity index is 433. The molecule has 0 aromatic carbocycles. The van der Waals surface area contributed by atoms with Crippen LogP contribution in [0.25, 0.3) is 0 Å². The number of aliphatic imine (C=N–C) groups is 1. The van der Waals surface area contributed by atoms with Crippen LogP contribution in [0.2, 0.25) is 0 Å². The molecule has 0 amide bonds. The Morgan fingerprint density at radius 1 is 1.32 bits per heavy atom. The molecule has 19 heavy (non-hydrogen) atoms. The van der Waals surface area contributed by atoms with Crippen LogP contribution in [0.15, 0.2) is 4.99 Å². The molecule has 5 nitrogen and oxygen atoms in total. The average Bonchev–Trinajstić information content (AvgIpc) is 2.36. The van der Waals surface area contributed by atoms with Crippen molar-refractivity contribution in [3.05, 3.63) is 0 Å². The summed E-state index contributed by atoms with van der Waals surface area (Å²) in [5, 5.41) is -0.318. The molecule has 0 spiro atoms. The molecule has 2 aliphatic rings. The lowest BCUT2D eigenvalue weighted by Crippen LogP contribution is -2.44. The van der Waals surface area contributed by atoms with Crippen LogP contribution in [-0.4, -0.2) is 49.9 Å². The molecule has 0 bridgehead atoms. The summed E-state index contributed by atoms with van der Waals surface area (Å²) in [4.78, 5) is 6.43. The molecule has 2 rings (SSSR count). The van der Waals surface area contributed by atoms with Gasteiger partial charge in [-0.1, -0.05) is 13.3 Å². The maximum Gasteiger partial charge on any atom is 0.191 e. The predicted molar refractivity (Wildman–Crippen MR) is 77.9 cm³/mol. The number of rotatable bonds is 2. The lowest BCUT2D eigenvalue weighted by atomic mass is 10.0. The van der Waals surface area contributed by atoms with Gasteiger partial charge in [-0.25, -0.2) is 8.42 Å². The fraction of sp³-hybridized carbons (Fsp3) is 0.923. The summed E-state index contributed by atoms with van der Waals surface area (Å²) in [6.45, 7) is 4.42. The minimum atomic E-state index is -2.94. The van der Waals surface area contributed by atoms with Gasteiger partial charge in [0.15, 0.2) is 15.8 Å². The van der Waals surface area contributed by atoms with E-state index in [4.69, 9.17) is 5.73 Å². The highest BCUT2D eigenvalue weighted by Gasteiger charge is 2.28. The van der Waals surface area contributed by atoms with E-state index in [1.807, 2.05) is 0 Å². The second-order valence-corrected chi connectivity index (χ2v) is 8.28. The minimum Gasteiger partial charge on any atom is -0.370 e. The number of sulfone groups is 1. The second-order valence-electron chi connectivity index (χ2n) is 5.88. The van der Waals surface area contributed by atoms with E-state index < -0.39 is 9.84 Å². The van der Waals surface area contributed by atoms with Gasteiger partial charge >= 0.3 is 0 Å². The monoisotopic (exact) mass is 287 g/mol. The normalized spacial score (nSPS) is 32.3. The maximum absolute atomic E-state index is 11.9. The van der Waals surface area contributed by atoms with Gasteiger partial charge in [0.1, 0.15) is 0 Å². The Kier molecular flexibility index (Phi) is 4.71. The van der Waals surface area contributed by atoms with Crippen molar-refractivity contribution in [1.82, 2.24) is 4.90 Å². The molecular weight excluding hydrogens is 262 g/mol. The fourth-order valence-corrected chi connectivity index (χ4v) is 4.69. The van der Waals surface area contributed by atoms with Crippen molar-refractivity contribution in [2.45, 2.75) is 44.3 Å². The smallest absolute Gasteiger partial charge is 0.191 e. The minimum absolute atomic E-state index is 0.313. The predicted octanol–water partition coefficient (Wildman–Crippen LogP) is 1.00. The van der Waals surface area contributed by atoms with Crippen molar-refractivity contribution < 1.29 is 8.42 Å². The van der Waals surface area contributed by atoms with Crippen LogP contribution in [0.4, 0.5) is 0 Å². The molecule has 0 radical (unpaired) electrons. The summed E-state index contributed by atoms with van der Waals surface area (Å²) in [7, 11) is -2.94. The van der Waals surface area contributed by atoms with Crippen LogP contribution in [0.5, 0.6) is 0 Å². The van der Waals surface area contributed by atoms with Crippen LogP contribution in [0.3, 0.4) is 0 Å². The summed E-state index contributed by atoms with van der Waals surface area (Å²) in [6.07, 6.45) is 4.89. The van der Waals surface area contributed by atoms with Crippen molar-refractivity contribution >= 4 is 15.8 Å². The summed E-state index contributed by atoms with van der Waals surface area (Å²) in [5.41, 5.74) is 6.00. The van der Waals surface area contributed by atoms with E-state index in [1.165, 1.54) is 6.42 Å². The highest BCUT2D eigenvalue weighted by Crippen LogP contribution is 2.20. The van der Waals surface area contributed by atoms with Gasteiger partial charge in [-0.3, -0.25) is 4.99 Å². The quantitative estimate of drug-likeness (QED) is 0.607. The van der Waals surface area contributed by atoms with E-state index in [0.717, 1.165) is 38.8 Å². The Balaban J connectivity index is 1.93. The number of hydrogen-bond acceptors (Lipinski definition) is 3. The van der Waals surface area contributed by atoms with Crippen LogP contribution >= 0.6 is 0 Å². The number of guanidine groups is 1. The lowest BCUT2D eigenvalue weighted by molar-refractivity contribution is 0.270. The van der Waals surface area contributed by atoms with Gasteiger partial charge in [0.2, 0.25) is 0 Å². The van der Waals surface area contributed by atoms with Crippen molar-refractivity contribution in [2.24, 2.45) is 16.6 Å². The zero-order chi connectivity index (χ0) is 13.9. The highest BCUT2D eigenvalue weighted by molar-refractivity contribution is 7.92. The van der Waals surface area contributed by atoms with E-state index in [1.54, 1.807) is 0 Å². The first-order valence-corrected chi connectivity index (χ1v) is 8.97. The first-order valence-electron chi connectivity index (χ1n) is 7.25. The largest absolute Gasteiger partial charge is 0.370 e. The number of nitrogens with zero attached hydrogens (tertiary/aromatic N) is 2. The Hall–Kier alpha value is -0.780. The number of piperidine rings is 1. The molecule has 2 fully saturated rings. The molecule has 0 unspecified atom stereocenters. The first kappa shape index (κ1) is 14.6. The van der Waals surface area contributed by atoms with Crippen LogP contribution in [0, 0.1) is 5.92 Å². The molecule has 0 saturated carbocycles. The summed E-state index contributed by atoms with van der Waals surface area (Å²) in [6, 6.07) is 0. The van der Waals surface area contributed by atoms with Gasteiger partial charge < -0.3 is 10.6 Å². The molecule has 2 N–H and O–H groups in total. The van der Waals surface area contributed by atoms with Crippen molar-refractivity contribution in [3.8, 4) is 0 Å². The Morgan fingerprint density at radius 2 is 2.11 bits per heavy atom. The third-order valence-corrected chi connectivity index (χ3v) is 6.41. The van der Waals surface area contributed by atoms with Crippen LogP contribution in [0.1, 0.15) is 39.0 Å². The van der Waals surface area contributed by atoms with Gasteiger partial charge in [0.25, 0.3) is 0 Å². The molecule has 0 aromatic rings. The van der Waals surface area contributed by atoms with E-state index in [9.17, 15) is 8.42 Å². The summed E-state index contributed by atoms with van der Waals surface area (Å²) >= 11 is 0. The third-order valence-electron chi connectivity index (χ3n) is 4.15. The van der Waals surface area contributed by atoms with Crippen molar-refractivity contribution in [1.29, 1.82) is 0 Å². The zero-order valence-electron chi connectivity index (χ0n) is 11.7. The zero-order valence-corrected chi connectivity index (χ0v) is 12.5. The van der Waals surface area contributed by atoms with Gasteiger partial charge in [-0.2, -0.15) is 0 Å². The maximum atomic E-state index is 11.9.